The molecule has 0 aliphatic carbocycles. The van der Waals surface area contributed by atoms with Crippen molar-refractivity contribution in [1.82, 2.24) is 5.32 Å². The minimum atomic E-state index is -1.97. The molecule has 0 saturated carbocycles. The van der Waals surface area contributed by atoms with Crippen LogP contribution < -0.4 is 5.32 Å². The lowest BCUT2D eigenvalue weighted by Gasteiger charge is -2.48. The Balaban J connectivity index is 1.41. The van der Waals surface area contributed by atoms with Gasteiger partial charge in [-0.25, -0.2) is 0 Å². The number of aliphatic hydroxyl groups is 11. The second-order valence-corrected chi connectivity index (χ2v) is 24.7. The number of carbonyl (C=O) groups excluding carboxylic acids is 1. The molecule has 3 rings (SSSR count). The lowest BCUT2D eigenvalue weighted by molar-refractivity contribution is -0.379. The first-order valence-electron chi connectivity index (χ1n) is 33.9. The fraction of sp³-hybridized carbons (Fsp3) is 0.954. The predicted octanol–water partition coefficient (Wildman–Crippen LogP) is 8.11. The van der Waals surface area contributed by atoms with Crippen molar-refractivity contribution in [2.24, 2.45) is 0 Å². The number of ether oxygens (including phenoxy) is 6. The molecule has 0 aromatic carbocycles. The molecule has 17 atom stereocenters. The molecule has 0 aromatic rings. The quantitative estimate of drug-likeness (QED) is 0.0202. The third kappa shape index (κ3) is 30.8. The van der Waals surface area contributed by atoms with Gasteiger partial charge in [-0.1, -0.05) is 251 Å². The van der Waals surface area contributed by atoms with Crippen LogP contribution in [0.2, 0.25) is 0 Å². The molecule has 0 aromatic heterocycles. The highest BCUT2D eigenvalue weighted by atomic mass is 16.8. The van der Waals surface area contributed by atoms with Crippen molar-refractivity contribution in [1.29, 1.82) is 0 Å². The van der Waals surface area contributed by atoms with Gasteiger partial charge < -0.3 is 89.9 Å². The van der Waals surface area contributed by atoms with Gasteiger partial charge in [0, 0.05) is 6.42 Å². The van der Waals surface area contributed by atoms with Crippen LogP contribution in [0, 0.1) is 0 Å². The van der Waals surface area contributed by atoms with Crippen molar-refractivity contribution in [2.45, 2.75) is 369 Å². The van der Waals surface area contributed by atoms with Crippen molar-refractivity contribution in [3.05, 3.63) is 12.2 Å². The van der Waals surface area contributed by atoms with E-state index >= 15 is 0 Å². The van der Waals surface area contributed by atoms with Crippen molar-refractivity contribution >= 4 is 5.91 Å². The van der Waals surface area contributed by atoms with Gasteiger partial charge in [-0.15, -0.1) is 0 Å². The van der Waals surface area contributed by atoms with Gasteiger partial charge in [-0.05, 0) is 19.3 Å². The van der Waals surface area contributed by atoms with Gasteiger partial charge in [0.25, 0.3) is 0 Å². The smallest absolute Gasteiger partial charge is 0.220 e. The van der Waals surface area contributed by atoms with Gasteiger partial charge in [-0.3, -0.25) is 4.79 Å². The Labute approximate surface area is 506 Å². The van der Waals surface area contributed by atoms with E-state index in [4.69, 9.17) is 28.4 Å². The van der Waals surface area contributed by atoms with E-state index in [1.54, 1.807) is 6.08 Å². The first-order chi connectivity index (χ1) is 40.8. The summed E-state index contributed by atoms with van der Waals surface area (Å²) in [4.78, 5) is 13.4. The van der Waals surface area contributed by atoms with E-state index in [9.17, 15) is 61.0 Å². The number of aliphatic hydroxyl groups excluding tert-OH is 11. The van der Waals surface area contributed by atoms with E-state index in [0.29, 0.717) is 6.42 Å². The van der Waals surface area contributed by atoms with Crippen LogP contribution in [-0.2, 0) is 33.2 Å². The molecule has 0 spiro atoms. The highest BCUT2D eigenvalue weighted by Crippen LogP contribution is 2.33. The number of amides is 1. The summed E-state index contributed by atoms with van der Waals surface area (Å²) < 4.78 is 34.3. The topological polar surface area (TPSA) is 307 Å². The third-order valence-corrected chi connectivity index (χ3v) is 17.3. The molecule has 0 bridgehead atoms. The Morgan fingerprint density at radius 2 is 0.738 bits per heavy atom. The monoisotopic (exact) mass is 1210 g/mol. The lowest BCUT2D eigenvalue weighted by Crippen LogP contribution is -2.66. The average molecular weight is 1210 g/mol. The van der Waals surface area contributed by atoms with Crippen LogP contribution >= 0.6 is 0 Å². The minimum Gasteiger partial charge on any atom is -0.394 e. The van der Waals surface area contributed by atoms with E-state index in [1.165, 1.54) is 193 Å². The normalized spacial score (nSPS) is 29.2. The summed E-state index contributed by atoms with van der Waals surface area (Å²) in [6.07, 6.45) is 24.9. The van der Waals surface area contributed by atoms with Crippen LogP contribution in [0.4, 0.5) is 0 Å². The standard InChI is InChI=1S/C65H123NO18/c1-3-5-7-9-11-13-15-17-18-19-20-21-22-23-24-25-26-27-28-29-31-33-35-37-39-41-43-53(71)66-48(49(70)42-40-38-36-34-32-30-16-14-12-10-8-6-4-2)47-79-63-59(77)56(74)61(51(45-68)81-63)84-65-60(78)57(75)62(52(46-69)82-65)83-64-58(76)55(73)54(72)50(44-67)80-64/h40,42,48-52,54-65,67-70,72-78H,3-39,41,43-47H2,1-2H3,(H,66,71)/b42-40+. The molecule has 0 radical (unpaired) electrons. The maximum Gasteiger partial charge on any atom is 0.220 e. The molecule has 3 aliphatic heterocycles. The Hall–Kier alpha value is -1.47. The number of rotatable bonds is 52. The second kappa shape index (κ2) is 48.4. The van der Waals surface area contributed by atoms with E-state index in [-0.39, 0.29) is 18.9 Å². The van der Waals surface area contributed by atoms with Crippen molar-refractivity contribution in [2.75, 3.05) is 26.4 Å². The van der Waals surface area contributed by atoms with Crippen molar-refractivity contribution in [3.63, 3.8) is 0 Å². The zero-order valence-corrected chi connectivity index (χ0v) is 52.2. The first-order valence-corrected chi connectivity index (χ1v) is 33.9. The maximum absolute atomic E-state index is 13.4. The average Bonchev–Trinajstić information content (AvgIpc) is 3.11. The maximum atomic E-state index is 13.4. The molecule has 3 fully saturated rings. The molecular formula is C65H123NO18. The number of allylic oxidation sites excluding steroid dienone is 1. The SMILES string of the molecule is CCCCCCCCCCCCC/C=C/C(O)C(COC1OC(CO)C(OC2OC(CO)C(OC3OC(CO)C(O)C(O)C3O)C(O)C2O)C(O)C1O)NC(=O)CCCCCCCCCCCCCCCCCCCCCCCCCCCC. The molecular weight excluding hydrogens is 1080 g/mol. The van der Waals surface area contributed by atoms with Gasteiger partial charge in [0.05, 0.1) is 38.6 Å². The van der Waals surface area contributed by atoms with Gasteiger partial charge in [-0.2, -0.15) is 0 Å². The number of unbranched alkanes of at least 4 members (excludes halogenated alkanes) is 36. The zero-order chi connectivity index (χ0) is 61.2. The number of carbonyl (C=O) groups is 1. The summed E-state index contributed by atoms with van der Waals surface area (Å²) >= 11 is 0. The molecule has 496 valence electrons. The van der Waals surface area contributed by atoms with Crippen LogP contribution in [0.25, 0.3) is 0 Å². The van der Waals surface area contributed by atoms with E-state index < -0.39 is 124 Å². The van der Waals surface area contributed by atoms with Crippen LogP contribution in [0.1, 0.15) is 264 Å². The van der Waals surface area contributed by atoms with Gasteiger partial charge in [0.15, 0.2) is 18.9 Å². The summed E-state index contributed by atoms with van der Waals surface area (Å²) in [6, 6.07) is -0.967. The highest BCUT2D eigenvalue weighted by Gasteiger charge is 2.53. The Morgan fingerprint density at radius 1 is 0.417 bits per heavy atom. The fourth-order valence-electron chi connectivity index (χ4n) is 11.8. The third-order valence-electron chi connectivity index (χ3n) is 17.3. The molecule has 12 N–H and O–H groups in total. The fourth-order valence-corrected chi connectivity index (χ4v) is 11.8. The van der Waals surface area contributed by atoms with Crippen molar-refractivity contribution in [3.8, 4) is 0 Å². The lowest BCUT2D eigenvalue weighted by atomic mass is 9.96. The number of nitrogens with one attached hydrogen (secondary N) is 1. The summed E-state index contributed by atoms with van der Waals surface area (Å²) in [7, 11) is 0. The van der Waals surface area contributed by atoms with Crippen LogP contribution in [-0.4, -0.2) is 193 Å². The van der Waals surface area contributed by atoms with E-state index in [2.05, 4.69) is 19.2 Å². The summed E-state index contributed by atoms with van der Waals surface area (Å²) in [5, 5.41) is 120. The zero-order valence-electron chi connectivity index (χ0n) is 52.2. The van der Waals surface area contributed by atoms with E-state index in [0.717, 1.165) is 44.9 Å². The molecule has 3 heterocycles. The minimum absolute atomic E-state index is 0.249. The molecule has 17 unspecified atom stereocenters. The van der Waals surface area contributed by atoms with Gasteiger partial charge >= 0.3 is 0 Å². The van der Waals surface area contributed by atoms with Crippen LogP contribution in [0.3, 0.4) is 0 Å². The van der Waals surface area contributed by atoms with Gasteiger partial charge in [0.1, 0.15) is 73.2 Å². The number of hydrogen-bond acceptors (Lipinski definition) is 18. The molecule has 19 nitrogen and oxygen atoms in total. The summed E-state index contributed by atoms with van der Waals surface area (Å²) in [6.45, 7) is 1.75. The molecule has 3 saturated heterocycles. The largest absolute Gasteiger partial charge is 0.394 e. The second-order valence-electron chi connectivity index (χ2n) is 24.7. The van der Waals surface area contributed by atoms with Gasteiger partial charge in [0.2, 0.25) is 5.91 Å². The molecule has 3 aliphatic rings. The Morgan fingerprint density at radius 3 is 1.12 bits per heavy atom. The summed E-state index contributed by atoms with van der Waals surface area (Å²) in [5.41, 5.74) is 0. The molecule has 84 heavy (non-hydrogen) atoms. The predicted molar refractivity (Wildman–Crippen MR) is 323 cm³/mol. The van der Waals surface area contributed by atoms with Crippen LogP contribution in [0.5, 0.6) is 0 Å². The highest BCUT2D eigenvalue weighted by molar-refractivity contribution is 5.76. The molecule has 19 heteroatoms. The van der Waals surface area contributed by atoms with Crippen molar-refractivity contribution < 1.29 is 89.4 Å². The Bertz CT molecular complexity index is 1580. The number of hydrogen-bond donors (Lipinski definition) is 12. The Kier molecular flexibility index (Phi) is 44.2. The van der Waals surface area contributed by atoms with E-state index in [1.807, 2.05) is 6.08 Å². The first kappa shape index (κ1) is 76.8. The van der Waals surface area contributed by atoms with Crippen LogP contribution in [0.15, 0.2) is 12.2 Å². The molecule has 1 amide bonds. The summed E-state index contributed by atoms with van der Waals surface area (Å²) in [5.74, 6) is -0.271.